The molecule has 0 unspecified atom stereocenters. The molecule has 3 rings (SSSR count). The lowest BCUT2D eigenvalue weighted by molar-refractivity contribution is 0.0605. The molecule has 3 heteroatoms. The van der Waals surface area contributed by atoms with Crippen molar-refractivity contribution in [2.45, 2.75) is 13.8 Å². The van der Waals surface area contributed by atoms with E-state index in [1.807, 2.05) is 50.2 Å². The smallest absolute Gasteiger partial charge is 0.339 e. The van der Waals surface area contributed by atoms with E-state index in [1.54, 1.807) is 0 Å². The Morgan fingerprint density at radius 2 is 1.45 bits per heavy atom. The molecule has 0 bridgehead atoms. The molecule has 1 heterocycles. The molecule has 3 aromatic rings. The topological polar surface area (TPSA) is 39.2 Å². The molecule has 2 aromatic carbocycles. The normalized spacial score (nSPS) is 10.9. The Kier molecular flexibility index (Phi) is 2.90. The molecule has 1 aromatic heterocycles. The molecule has 0 saturated heterocycles. The summed E-state index contributed by atoms with van der Waals surface area (Å²) in [6, 6.07) is 11.7. The summed E-state index contributed by atoms with van der Waals surface area (Å²) < 4.78 is 4.97. The highest BCUT2D eigenvalue weighted by Gasteiger charge is 2.17. The summed E-state index contributed by atoms with van der Waals surface area (Å²) >= 11 is 0. The predicted octanol–water partition coefficient (Wildman–Crippen LogP) is 3.79. The van der Waals surface area contributed by atoms with Crippen LogP contribution in [0.25, 0.3) is 21.8 Å². The van der Waals surface area contributed by atoms with Gasteiger partial charge in [-0.15, -0.1) is 0 Å². The number of rotatable bonds is 1. The molecule has 0 spiro atoms. The van der Waals surface area contributed by atoms with Crippen LogP contribution >= 0.6 is 0 Å². The third-order valence-corrected chi connectivity index (χ3v) is 3.63. The largest absolute Gasteiger partial charge is 0.465 e. The molecule has 100 valence electrons. The molecule has 0 atom stereocenters. The molecule has 0 aliphatic rings. The zero-order valence-electron chi connectivity index (χ0n) is 11.7. The van der Waals surface area contributed by atoms with Crippen LogP contribution < -0.4 is 0 Å². The third-order valence-electron chi connectivity index (χ3n) is 3.63. The van der Waals surface area contributed by atoms with E-state index >= 15 is 0 Å². The van der Waals surface area contributed by atoms with Gasteiger partial charge in [0.1, 0.15) is 0 Å². The molecule has 0 amide bonds. The molecule has 0 fully saturated rings. The van der Waals surface area contributed by atoms with Gasteiger partial charge in [-0.3, -0.25) is 0 Å². The number of ether oxygens (including phenoxy) is 1. The molecule has 0 saturated carbocycles. The summed E-state index contributed by atoms with van der Waals surface area (Å²) in [5.41, 5.74) is 4.42. The third kappa shape index (κ3) is 1.74. The van der Waals surface area contributed by atoms with Gasteiger partial charge in [0, 0.05) is 10.8 Å². The van der Waals surface area contributed by atoms with Crippen LogP contribution in [0.1, 0.15) is 21.5 Å². The van der Waals surface area contributed by atoms with Gasteiger partial charge in [-0.25, -0.2) is 9.78 Å². The first-order valence-corrected chi connectivity index (χ1v) is 6.50. The first kappa shape index (κ1) is 12.6. The summed E-state index contributed by atoms with van der Waals surface area (Å²) in [6.45, 7) is 4.00. The minimum Gasteiger partial charge on any atom is -0.465 e. The van der Waals surface area contributed by atoms with E-state index in [1.165, 1.54) is 7.11 Å². The maximum absolute atomic E-state index is 12.2. The van der Waals surface area contributed by atoms with Crippen LogP contribution in [0.4, 0.5) is 0 Å². The minimum atomic E-state index is -0.321. The Balaban J connectivity index is 2.60. The average Bonchev–Trinajstić information content (AvgIpc) is 2.45. The summed E-state index contributed by atoms with van der Waals surface area (Å²) in [7, 11) is 1.41. The lowest BCUT2D eigenvalue weighted by Gasteiger charge is -2.11. The number of hydrogen-bond acceptors (Lipinski definition) is 3. The molecular weight excluding hydrogens is 250 g/mol. The van der Waals surface area contributed by atoms with Crippen molar-refractivity contribution in [1.82, 2.24) is 4.98 Å². The monoisotopic (exact) mass is 265 g/mol. The summed E-state index contributed by atoms with van der Waals surface area (Å²) in [5, 5.41) is 1.69. The number of carbonyl (C=O) groups excluding carboxylic acids is 1. The SMILES string of the molecule is COC(=O)c1c2cccc(C)c2nc2c(C)cccc12. The second kappa shape index (κ2) is 4.60. The lowest BCUT2D eigenvalue weighted by Crippen LogP contribution is -2.05. The van der Waals surface area contributed by atoms with Gasteiger partial charge in [0.2, 0.25) is 0 Å². The van der Waals surface area contributed by atoms with Gasteiger partial charge >= 0.3 is 5.97 Å². The van der Waals surface area contributed by atoms with Gasteiger partial charge in [0.15, 0.2) is 0 Å². The fourth-order valence-corrected chi connectivity index (χ4v) is 2.60. The number of pyridine rings is 1. The van der Waals surface area contributed by atoms with Gasteiger partial charge in [0.05, 0.1) is 23.7 Å². The van der Waals surface area contributed by atoms with E-state index < -0.39 is 0 Å². The number of methoxy groups -OCH3 is 1. The minimum absolute atomic E-state index is 0.321. The van der Waals surface area contributed by atoms with E-state index in [0.29, 0.717) is 5.56 Å². The quantitative estimate of drug-likeness (QED) is 0.496. The molecule has 0 aliphatic carbocycles. The van der Waals surface area contributed by atoms with Gasteiger partial charge in [-0.05, 0) is 25.0 Å². The van der Waals surface area contributed by atoms with Crippen molar-refractivity contribution in [2.75, 3.05) is 7.11 Å². The zero-order valence-corrected chi connectivity index (χ0v) is 11.7. The van der Waals surface area contributed by atoms with Crippen LogP contribution in [0, 0.1) is 13.8 Å². The Labute approximate surface area is 117 Å². The number of para-hydroxylation sites is 2. The van der Waals surface area contributed by atoms with Crippen molar-refractivity contribution < 1.29 is 9.53 Å². The fraction of sp³-hybridized carbons (Fsp3) is 0.176. The Hall–Kier alpha value is -2.42. The number of nitrogens with zero attached hydrogens (tertiary/aromatic N) is 1. The predicted molar refractivity (Wildman–Crippen MR) is 80.1 cm³/mol. The summed E-state index contributed by atoms with van der Waals surface area (Å²) in [4.78, 5) is 17.0. The maximum Gasteiger partial charge on any atom is 0.339 e. The number of esters is 1. The van der Waals surface area contributed by atoms with Crippen LogP contribution in [-0.2, 0) is 4.74 Å². The van der Waals surface area contributed by atoms with Crippen molar-refractivity contribution in [3.8, 4) is 0 Å². The fourth-order valence-electron chi connectivity index (χ4n) is 2.60. The van der Waals surface area contributed by atoms with Gasteiger partial charge in [-0.2, -0.15) is 0 Å². The highest BCUT2D eigenvalue weighted by molar-refractivity contribution is 6.15. The molecule has 0 aliphatic heterocycles. The number of hydrogen-bond donors (Lipinski definition) is 0. The molecule has 3 nitrogen and oxygen atoms in total. The van der Waals surface area contributed by atoms with Crippen LogP contribution in [0.3, 0.4) is 0 Å². The second-order valence-electron chi connectivity index (χ2n) is 4.92. The standard InChI is InChI=1S/C17H15NO2/c1-10-6-4-8-12-14(17(19)20-3)13-9-5-7-11(2)16(13)18-15(10)12/h4-9H,1-3H3. The van der Waals surface area contributed by atoms with Gasteiger partial charge in [-0.1, -0.05) is 36.4 Å². The molecular formula is C17H15NO2. The maximum atomic E-state index is 12.2. The number of fused-ring (bicyclic) bond motifs is 2. The van der Waals surface area contributed by atoms with Crippen LogP contribution in [-0.4, -0.2) is 18.1 Å². The van der Waals surface area contributed by atoms with Crippen LogP contribution in [0.5, 0.6) is 0 Å². The van der Waals surface area contributed by atoms with E-state index in [-0.39, 0.29) is 5.97 Å². The molecule has 0 radical (unpaired) electrons. The van der Waals surface area contributed by atoms with E-state index in [2.05, 4.69) is 0 Å². The lowest BCUT2D eigenvalue weighted by atomic mass is 9.99. The van der Waals surface area contributed by atoms with E-state index in [0.717, 1.165) is 32.9 Å². The van der Waals surface area contributed by atoms with Crippen LogP contribution in [0.2, 0.25) is 0 Å². The van der Waals surface area contributed by atoms with Crippen molar-refractivity contribution >= 4 is 27.8 Å². The Morgan fingerprint density at radius 3 is 1.90 bits per heavy atom. The van der Waals surface area contributed by atoms with Crippen molar-refractivity contribution in [3.05, 3.63) is 53.1 Å². The number of benzene rings is 2. The van der Waals surface area contributed by atoms with Crippen molar-refractivity contribution in [2.24, 2.45) is 0 Å². The zero-order chi connectivity index (χ0) is 14.3. The highest BCUT2D eigenvalue weighted by atomic mass is 16.5. The van der Waals surface area contributed by atoms with Gasteiger partial charge in [0.25, 0.3) is 0 Å². The van der Waals surface area contributed by atoms with Gasteiger partial charge < -0.3 is 4.74 Å². The number of carbonyl (C=O) groups is 1. The first-order chi connectivity index (χ1) is 9.63. The number of aromatic nitrogens is 1. The van der Waals surface area contributed by atoms with E-state index in [4.69, 9.17) is 9.72 Å². The molecule has 0 N–H and O–H groups in total. The average molecular weight is 265 g/mol. The second-order valence-corrected chi connectivity index (χ2v) is 4.92. The van der Waals surface area contributed by atoms with E-state index in [9.17, 15) is 4.79 Å². The summed E-state index contributed by atoms with van der Waals surface area (Å²) in [5.74, 6) is -0.321. The van der Waals surface area contributed by atoms with Crippen LogP contribution in [0.15, 0.2) is 36.4 Å². The van der Waals surface area contributed by atoms with Crippen molar-refractivity contribution in [3.63, 3.8) is 0 Å². The molecule has 20 heavy (non-hydrogen) atoms. The summed E-state index contributed by atoms with van der Waals surface area (Å²) in [6.07, 6.45) is 0. The number of aryl methyl sites for hydroxylation is 2. The Bertz CT molecular complexity index is 777. The van der Waals surface area contributed by atoms with Crippen molar-refractivity contribution in [1.29, 1.82) is 0 Å². The first-order valence-electron chi connectivity index (χ1n) is 6.50. The highest BCUT2D eigenvalue weighted by Crippen LogP contribution is 2.29. The Morgan fingerprint density at radius 1 is 0.950 bits per heavy atom.